The molecule has 1 fully saturated rings. The number of rotatable bonds is 3. The Labute approximate surface area is 131 Å². The van der Waals surface area contributed by atoms with E-state index in [-0.39, 0.29) is 11.1 Å². The highest BCUT2D eigenvalue weighted by atomic mass is 16.7. The fourth-order valence-corrected chi connectivity index (χ4v) is 3.02. The maximum absolute atomic E-state index is 12.5. The Morgan fingerprint density at radius 2 is 1.70 bits per heavy atom. The van der Waals surface area contributed by atoms with Crippen LogP contribution in [0.4, 0.5) is 0 Å². The Hall–Kier alpha value is -1.84. The number of carbonyl (C=O) groups is 2. The number of aliphatic hydroxyl groups is 3. The molecule has 2 aliphatic heterocycles. The van der Waals surface area contributed by atoms with Crippen LogP contribution >= 0.6 is 0 Å². The summed E-state index contributed by atoms with van der Waals surface area (Å²) in [5, 5.41) is 29.6. The van der Waals surface area contributed by atoms with E-state index in [4.69, 9.17) is 9.47 Å². The maximum Gasteiger partial charge on any atom is 0.262 e. The van der Waals surface area contributed by atoms with Gasteiger partial charge in [-0.05, 0) is 12.1 Å². The van der Waals surface area contributed by atoms with Gasteiger partial charge >= 0.3 is 0 Å². The fraction of sp³-hybridized carbons (Fsp3) is 0.467. The quantitative estimate of drug-likeness (QED) is 0.594. The molecule has 23 heavy (non-hydrogen) atoms. The summed E-state index contributed by atoms with van der Waals surface area (Å²) in [4.78, 5) is 25.9. The van der Waals surface area contributed by atoms with Gasteiger partial charge in [-0.3, -0.25) is 14.5 Å². The number of imide groups is 1. The van der Waals surface area contributed by atoms with Crippen LogP contribution in [-0.4, -0.2) is 76.4 Å². The molecule has 0 aromatic heterocycles. The monoisotopic (exact) mass is 323 g/mol. The minimum absolute atomic E-state index is 0.221. The van der Waals surface area contributed by atoms with Crippen LogP contribution in [0.15, 0.2) is 24.3 Å². The fourth-order valence-electron chi connectivity index (χ4n) is 3.02. The van der Waals surface area contributed by atoms with E-state index in [2.05, 4.69) is 0 Å². The summed E-state index contributed by atoms with van der Waals surface area (Å²) in [6.07, 6.45) is -5.19. The lowest BCUT2D eigenvalue weighted by atomic mass is 9.95. The number of methoxy groups -OCH3 is 1. The van der Waals surface area contributed by atoms with Gasteiger partial charge in [0.2, 0.25) is 0 Å². The SMILES string of the molecule is CO[C@@H]1O[C@H](CO)[C@@H](O)[C@H](O)[C@H]1N1C(=O)c2ccccc2C1=O. The van der Waals surface area contributed by atoms with Crippen molar-refractivity contribution in [1.82, 2.24) is 4.90 Å². The van der Waals surface area contributed by atoms with Crippen LogP contribution in [-0.2, 0) is 9.47 Å². The van der Waals surface area contributed by atoms with Crippen molar-refractivity contribution >= 4 is 11.8 Å². The van der Waals surface area contributed by atoms with Gasteiger partial charge in [0.25, 0.3) is 11.8 Å². The molecule has 3 N–H and O–H groups in total. The van der Waals surface area contributed by atoms with Gasteiger partial charge in [0.15, 0.2) is 6.29 Å². The zero-order valence-corrected chi connectivity index (χ0v) is 12.3. The number of aliphatic hydroxyl groups excluding tert-OH is 3. The second-order valence-corrected chi connectivity index (χ2v) is 5.46. The number of fused-ring (bicyclic) bond motifs is 1. The van der Waals surface area contributed by atoms with Crippen molar-refractivity contribution in [3.05, 3.63) is 35.4 Å². The van der Waals surface area contributed by atoms with Gasteiger partial charge in [-0.2, -0.15) is 0 Å². The molecule has 0 spiro atoms. The van der Waals surface area contributed by atoms with Crippen molar-refractivity contribution in [2.45, 2.75) is 30.6 Å². The molecular formula is C15H17NO7. The Balaban J connectivity index is 1.97. The minimum Gasteiger partial charge on any atom is -0.394 e. The highest BCUT2D eigenvalue weighted by Crippen LogP contribution is 2.32. The molecule has 1 saturated heterocycles. The van der Waals surface area contributed by atoms with E-state index in [9.17, 15) is 24.9 Å². The molecule has 2 heterocycles. The first-order valence-electron chi connectivity index (χ1n) is 7.13. The van der Waals surface area contributed by atoms with Gasteiger partial charge < -0.3 is 24.8 Å². The van der Waals surface area contributed by atoms with Crippen molar-refractivity contribution in [2.24, 2.45) is 0 Å². The Morgan fingerprint density at radius 3 is 2.17 bits per heavy atom. The molecule has 3 rings (SSSR count). The van der Waals surface area contributed by atoms with E-state index in [1.165, 1.54) is 19.2 Å². The highest BCUT2D eigenvalue weighted by Gasteiger charge is 2.52. The molecule has 124 valence electrons. The summed E-state index contributed by atoms with van der Waals surface area (Å²) in [6.45, 7) is -0.535. The molecule has 2 aliphatic rings. The Bertz CT molecular complexity index is 597. The van der Waals surface area contributed by atoms with E-state index >= 15 is 0 Å². The van der Waals surface area contributed by atoms with E-state index in [1.54, 1.807) is 12.1 Å². The molecule has 0 radical (unpaired) electrons. The van der Waals surface area contributed by atoms with Gasteiger partial charge in [0.05, 0.1) is 17.7 Å². The smallest absolute Gasteiger partial charge is 0.262 e. The summed E-state index contributed by atoms with van der Waals surface area (Å²) in [7, 11) is 1.29. The highest BCUT2D eigenvalue weighted by molar-refractivity contribution is 6.21. The average Bonchev–Trinajstić information content (AvgIpc) is 2.82. The molecule has 5 atom stereocenters. The van der Waals surface area contributed by atoms with E-state index < -0.39 is 49.1 Å². The van der Waals surface area contributed by atoms with Crippen molar-refractivity contribution in [2.75, 3.05) is 13.7 Å². The van der Waals surface area contributed by atoms with Crippen LogP contribution in [0.2, 0.25) is 0 Å². The third-order valence-corrected chi connectivity index (χ3v) is 4.20. The van der Waals surface area contributed by atoms with Crippen molar-refractivity contribution < 1.29 is 34.4 Å². The summed E-state index contributed by atoms with van der Waals surface area (Å²) in [6, 6.07) is 5.07. The minimum atomic E-state index is -1.51. The molecule has 0 bridgehead atoms. The number of amides is 2. The first-order valence-corrected chi connectivity index (χ1v) is 7.13. The summed E-state index contributed by atoms with van der Waals surface area (Å²) in [5.41, 5.74) is 0.441. The van der Waals surface area contributed by atoms with Gasteiger partial charge in [-0.15, -0.1) is 0 Å². The Morgan fingerprint density at radius 1 is 1.13 bits per heavy atom. The van der Waals surface area contributed by atoms with Gasteiger partial charge in [-0.1, -0.05) is 12.1 Å². The standard InChI is InChI=1S/C15H17NO7/c1-22-15-10(12(19)11(18)9(6-17)23-15)16-13(20)7-4-2-3-5-8(7)14(16)21/h2-5,9-12,15,17-19H,6H2,1H3/t9-,10-,11-,12-,15-/m1/s1. The molecule has 8 nitrogen and oxygen atoms in total. The Kier molecular flexibility index (Phi) is 4.17. The van der Waals surface area contributed by atoms with Crippen LogP contribution in [0.1, 0.15) is 20.7 Å². The third kappa shape index (κ3) is 2.35. The van der Waals surface area contributed by atoms with E-state index in [0.717, 1.165) is 4.90 Å². The maximum atomic E-state index is 12.5. The molecular weight excluding hydrogens is 306 g/mol. The van der Waals surface area contributed by atoms with Crippen LogP contribution in [0, 0.1) is 0 Å². The van der Waals surface area contributed by atoms with Crippen molar-refractivity contribution in [3.8, 4) is 0 Å². The number of benzene rings is 1. The lowest BCUT2D eigenvalue weighted by Gasteiger charge is -2.44. The predicted molar refractivity (Wildman–Crippen MR) is 75.5 cm³/mol. The van der Waals surface area contributed by atoms with Gasteiger partial charge in [0, 0.05) is 7.11 Å². The topological polar surface area (TPSA) is 117 Å². The molecule has 8 heteroatoms. The summed E-state index contributed by atoms with van der Waals surface area (Å²) < 4.78 is 10.5. The van der Waals surface area contributed by atoms with Gasteiger partial charge in [0.1, 0.15) is 24.4 Å². The second kappa shape index (κ2) is 5.99. The average molecular weight is 323 g/mol. The van der Waals surface area contributed by atoms with E-state index in [0.29, 0.717) is 0 Å². The summed E-state index contributed by atoms with van der Waals surface area (Å²) in [5.74, 6) is -1.18. The number of nitrogens with zero attached hydrogens (tertiary/aromatic N) is 1. The zero-order valence-electron chi connectivity index (χ0n) is 12.3. The van der Waals surface area contributed by atoms with Crippen LogP contribution < -0.4 is 0 Å². The third-order valence-electron chi connectivity index (χ3n) is 4.20. The normalized spacial score (nSPS) is 33.9. The molecule has 0 unspecified atom stereocenters. The largest absolute Gasteiger partial charge is 0.394 e. The number of hydrogen-bond donors (Lipinski definition) is 3. The number of carbonyl (C=O) groups excluding carboxylic acids is 2. The van der Waals surface area contributed by atoms with Gasteiger partial charge in [-0.25, -0.2) is 0 Å². The predicted octanol–water partition coefficient (Wildman–Crippen LogP) is -1.26. The number of ether oxygens (including phenoxy) is 2. The lowest BCUT2D eigenvalue weighted by Crippen LogP contribution is -2.65. The lowest BCUT2D eigenvalue weighted by molar-refractivity contribution is -0.272. The van der Waals surface area contributed by atoms with Crippen LogP contribution in [0.25, 0.3) is 0 Å². The number of hydrogen-bond acceptors (Lipinski definition) is 7. The molecule has 0 aliphatic carbocycles. The summed E-state index contributed by atoms with van der Waals surface area (Å²) >= 11 is 0. The van der Waals surface area contributed by atoms with E-state index in [1.807, 2.05) is 0 Å². The first kappa shape index (κ1) is 16.0. The van der Waals surface area contributed by atoms with Crippen LogP contribution in [0.3, 0.4) is 0 Å². The molecule has 0 saturated carbocycles. The molecule has 1 aromatic carbocycles. The molecule has 2 amide bonds. The van der Waals surface area contributed by atoms with Crippen LogP contribution in [0.5, 0.6) is 0 Å². The second-order valence-electron chi connectivity index (χ2n) is 5.46. The molecule has 1 aromatic rings. The van der Waals surface area contributed by atoms with Crippen molar-refractivity contribution in [1.29, 1.82) is 0 Å². The first-order chi connectivity index (χ1) is 11.0. The van der Waals surface area contributed by atoms with Crippen molar-refractivity contribution in [3.63, 3.8) is 0 Å². The zero-order chi connectivity index (χ0) is 16.7.